The summed E-state index contributed by atoms with van der Waals surface area (Å²) in [4.78, 5) is 53.0. The highest BCUT2D eigenvalue weighted by Crippen LogP contribution is 2.34. The Morgan fingerprint density at radius 3 is 2.62 bits per heavy atom. The number of aromatic nitrogens is 1. The van der Waals surface area contributed by atoms with Gasteiger partial charge in [-0.3, -0.25) is 14.4 Å². The van der Waals surface area contributed by atoms with Crippen molar-refractivity contribution in [3.63, 3.8) is 0 Å². The molecule has 0 bridgehead atoms. The Kier molecular flexibility index (Phi) is 7.04. The fourth-order valence-corrected chi connectivity index (χ4v) is 4.42. The smallest absolute Gasteiger partial charge is 0.326 e. The van der Waals surface area contributed by atoms with Crippen molar-refractivity contribution in [3.8, 4) is 5.75 Å². The van der Waals surface area contributed by atoms with Crippen molar-refractivity contribution in [2.75, 3.05) is 13.7 Å². The maximum atomic E-state index is 13.1. The summed E-state index contributed by atoms with van der Waals surface area (Å²) in [6, 6.07) is 4.99. The van der Waals surface area contributed by atoms with Crippen molar-refractivity contribution < 1.29 is 29.0 Å². The molecule has 3 atom stereocenters. The Morgan fingerprint density at radius 2 is 1.94 bits per heavy atom. The second-order valence-electron chi connectivity index (χ2n) is 9.07. The van der Waals surface area contributed by atoms with Crippen LogP contribution in [0.1, 0.15) is 49.0 Å². The van der Waals surface area contributed by atoms with Crippen molar-refractivity contribution >= 4 is 34.6 Å². The molecular formula is C24H30N4O6. The Morgan fingerprint density at radius 1 is 1.15 bits per heavy atom. The Hall–Kier alpha value is -3.56. The number of rotatable bonds is 10. The van der Waals surface area contributed by atoms with Gasteiger partial charge in [-0.05, 0) is 49.8 Å². The lowest BCUT2D eigenvalue weighted by Gasteiger charge is -2.26. The number of nitrogens with one attached hydrogen (secondary N) is 4. The number of methoxy groups -OCH3 is 1. The van der Waals surface area contributed by atoms with E-state index in [0.29, 0.717) is 31.1 Å². The molecule has 5 N–H and O–H groups in total. The number of amides is 3. The number of aromatic amines is 1. The number of carboxylic acid groups (broad SMARTS) is 1. The summed E-state index contributed by atoms with van der Waals surface area (Å²) in [5, 5.41) is 18.5. The maximum absolute atomic E-state index is 13.1. The zero-order valence-corrected chi connectivity index (χ0v) is 19.1. The molecule has 3 amide bonds. The molecule has 2 fully saturated rings. The summed E-state index contributed by atoms with van der Waals surface area (Å²) >= 11 is 0. The highest BCUT2D eigenvalue weighted by molar-refractivity contribution is 6.01. The van der Waals surface area contributed by atoms with E-state index in [4.69, 9.17) is 4.74 Å². The summed E-state index contributed by atoms with van der Waals surface area (Å²) in [5.41, 5.74) is 1.01. The normalized spacial score (nSPS) is 19.7. The molecule has 10 nitrogen and oxygen atoms in total. The second-order valence-corrected chi connectivity index (χ2v) is 9.07. The third kappa shape index (κ3) is 5.49. The van der Waals surface area contributed by atoms with Crippen LogP contribution in [0.4, 0.5) is 0 Å². The summed E-state index contributed by atoms with van der Waals surface area (Å²) in [7, 11) is 1.55. The van der Waals surface area contributed by atoms with Crippen molar-refractivity contribution in [1.29, 1.82) is 0 Å². The number of fused-ring (bicyclic) bond motifs is 1. The van der Waals surface area contributed by atoms with E-state index in [9.17, 15) is 24.3 Å². The molecule has 2 aromatic rings. The first kappa shape index (κ1) is 23.6. The molecule has 10 heteroatoms. The molecule has 2 heterocycles. The van der Waals surface area contributed by atoms with Crippen LogP contribution in [-0.4, -0.2) is 59.5 Å². The van der Waals surface area contributed by atoms with Gasteiger partial charge < -0.3 is 30.8 Å². The molecule has 0 unspecified atom stereocenters. The van der Waals surface area contributed by atoms with E-state index >= 15 is 0 Å². The van der Waals surface area contributed by atoms with Gasteiger partial charge >= 0.3 is 5.97 Å². The number of hydrogen-bond donors (Lipinski definition) is 5. The molecule has 0 radical (unpaired) electrons. The molecule has 0 spiro atoms. The number of ether oxygens (including phenoxy) is 1. The lowest BCUT2D eigenvalue weighted by Crippen LogP contribution is -2.53. The zero-order valence-electron chi connectivity index (χ0n) is 19.1. The van der Waals surface area contributed by atoms with Gasteiger partial charge in [0.05, 0.1) is 7.11 Å². The largest absolute Gasteiger partial charge is 0.496 e. The van der Waals surface area contributed by atoms with E-state index in [1.54, 1.807) is 25.3 Å². The molecule has 4 rings (SSSR count). The topological polar surface area (TPSA) is 150 Å². The zero-order chi connectivity index (χ0) is 24.2. The number of benzene rings is 1. The molecule has 1 aliphatic carbocycles. The number of piperidine rings is 1. The van der Waals surface area contributed by atoms with Gasteiger partial charge in [-0.25, -0.2) is 4.79 Å². The molecule has 1 aliphatic heterocycles. The third-order valence-corrected chi connectivity index (χ3v) is 6.51. The van der Waals surface area contributed by atoms with Gasteiger partial charge in [0.1, 0.15) is 23.5 Å². The summed E-state index contributed by atoms with van der Waals surface area (Å²) in [6.07, 6.45) is 3.72. The SMILES string of the molecule is COc1cccc2[nH]c(C(=O)N[C@@H](CC3CC3)C(=O)N[C@@H](C[C@@H]3CCCNC3=O)C(=O)O)cc12. The lowest BCUT2D eigenvalue weighted by atomic mass is 9.91. The number of hydrogen-bond acceptors (Lipinski definition) is 5. The van der Waals surface area contributed by atoms with Gasteiger partial charge in [-0.2, -0.15) is 0 Å². The Balaban J connectivity index is 1.46. The minimum Gasteiger partial charge on any atom is -0.496 e. The van der Waals surface area contributed by atoms with Crippen LogP contribution in [0.5, 0.6) is 5.75 Å². The van der Waals surface area contributed by atoms with Crippen molar-refractivity contribution in [2.24, 2.45) is 11.8 Å². The molecule has 2 aliphatic rings. The highest BCUT2D eigenvalue weighted by Gasteiger charge is 2.35. The molecule has 1 saturated heterocycles. The minimum absolute atomic E-state index is 0.0127. The number of aliphatic carboxylic acids is 1. The van der Waals surface area contributed by atoms with Gasteiger partial charge in [0.25, 0.3) is 5.91 Å². The van der Waals surface area contributed by atoms with E-state index in [0.717, 1.165) is 30.2 Å². The number of H-pyrrole nitrogens is 1. The van der Waals surface area contributed by atoms with Gasteiger partial charge in [0, 0.05) is 23.4 Å². The average molecular weight is 471 g/mol. The van der Waals surface area contributed by atoms with Crippen LogP contribution in [0, 0.1) is 11.8 Å². The van der Waals surface area contributed by atoms with E-state index in [1.807, 2.05) is 6.07 Å². The quantitative estimate of drug-likeness (QED) is 0.356. The van der Waals surface area contributed by atoms with E-state index in [2.05, 4.69) is 20.9 Å². The minimum atomic E-state index is -1.21. The molecule has 1 saturated carbocycles. The van der Waals surface area contributed by atoms with E-state index in [-0.39, 0.29) is 18.0 Å². The van der Waals surface area contributed by atoms with Gasteiger partial charge in [-0.1, -0.05) is 18.9 Å². The standard InChI is InChI=1S/C24H30N4O6/c1-34-20-6-2-5-16-15(20)12-18(26-16)23(31)27-17(10-13-7-8-13)22(30)28-19(24(32)33)11-14-4-3-9-25-21(14)29/h2,5-6,12-14,17,19,26H,3-4,7-11H2,1H3,(H,25,29)(H,27,31)(H,28,30)(H,32,33)/t14-,17-,19-/m0/s1. The Bertz CT molecular complexity index is 1090. The van der Waals surface area contributed by atoms with Crippen LogP contribution in [0.15, 0.2) is 24.3 Å². The first-order valence-electron chi connectivity index (χ1n) is 11.6. The molecule has 1 aromatic carbocycles. The predicted octanol–water partition coefficient (Wildman–Crippen LogP) is 1.56. The van der Waals surface area contributed by atoms with Gasteiger partial charge in [0.2, 0.25) is 11.8 Å². The molecule has 1 aromatic heterocycles. The maximum Gasteiger partial charge on any atom is 0.326 e. The van der Waals surface area contributed by atoms with E-state index in [1.165, 1.54) is 0 Å². The van der Waals surface area contributed by atoms with Crippen LogP contribution in [0.2, 0.25) is 0 Å². The fraction of sp³-hybridized carbons (Fsp3) is 0.500. The van der Waals surface area contributed by atoms with Crippen LogP contribution < -0.4 is 20.7 Å². The molecule has 34 heavy (non-hydrogen) atoms. The van der Waals surface area contributed by atoms with Crippen molar-refractivity contribution in [1.82, 2.24) is 20.9 Å². The average Bonchev–Trinajstić information content (AvgIpc) is 3.52. The highest BCUT2D eigenvalue weighted by atomic mass is 16.5. The van der Waals surface area contributed by atoms with Crippen LogP contribution >= 0.6 is 0 Å². The number of carbonyl (C=O) groups excluding carboxylic acids is 3. The summed E-state index contributed by atoms with van der Waals surface area (Å²) in [6.45, 7) is 0.578. The third-order valence-electron chi connectivity index (χ3n) is 6.51. The van der Waals surface area contributed by atoms with E-state index < -0.39 is 35.8 Å². The van der Waals surface area contributed by atoms with Crippen LogP contribution in [0.3, 0.4) is 0 Å². The first-order valence-corrected chi connectivity index (χ1v) is 11.6. The van der Waals surface area contributed by atoms with Crippen LogP contribution in [-0.2, 0) is 14.4 Å². The monoisotopic (exact) mass is 470 g/mol. The number of carbonyl (C=O) groups is 4. The second kappa shape index (κ2) is 10.1. The summed E-state index contributed by atoms with van der Waals surface area (Å²) < 4.78 is 5.34. The summed E-state index contributed by atoms with van der Waals surface area (Å²) in [5.74, 6) is -1.94. The van der Waals surface area contributed by atoms with Gasteiger partial charge in [0.15, 0.2) is 0 Å². The predicted molar refractivity (Wildman–Crippen MR) is 123 cm³/mol. The van der Waals surface area contributed by atoms with Crippen LogP contribution in [0.25, 0.3) is 10.9 Å². The lowest BCUT2D eigenvalue weighted by molar-refractivity contribution is -0.143. The Labute approximate surface area is 196 Å². The number of carboxylic acids is 1. The fourth-order valence-electron chi connectivity index (χ4n) is 4.42. The van der Waals surface area contributed by atoms with Crippen molar-refractivity contribution in [3.05, 3.63) is 30.0 Å². The first-order chi connectivity index (χ1) is 16.4. The van der Waals surface area contributed by atoms with Gasteiger partial charge in [-0.15, -0.1) is 0 Å². The van der Waals surface area contributed by atoms with Crippen molar-refractivity contribution in [2.45, 2.75) is 50.6 Å². The molecular weight excluding hydrogens is 440 g/mol. The molecule has 182 valence electrons.